The molecule has 0 aliphatic carbocycles. The summed E-state index contributed by atoms with van der Waals surface area (Å²) in [7, 11) is 4.64. The number of ether oxygens (including phenoxy) is 4. The number of nitrogen functional groups attached to an aromatic ring is 1. The molecule has 0 fully saturated rings. The van der Waals surface area contributed by atoms with Crippen molar-refractivity contribution in [3.63, 3.8) is 0 Å². The number of nitrogens with one attached hydrogen (secondary N) is 1. The van der Waals surface area contributed by atoms with E-state index in [0.717, 1.165) is 0 Å². The molecule has 2 aromatic rings. The normalized spacial score (nSPS) is 10.1. The lowest BCUT2D eigenvalue weighted by Crippen LogP contribution is -2.05. The van der Waals surface area contributed by atoms with E-state index in [9.17, 15) is 0 Å². The molecule has 0 saturated heterocycles. The molecule has 1 aromatic carbocycles. The monoisotopic (exact) mass is 312 g/mol. The zero-order valence-corrected chi connectivity index (χ0v) is 12.7. The second-order valence-corrected chi connectivity index (χ2v) is 4.86. The van der Waals surface area contributed by atoms with Crippen LogP contribution in [0.3, 0.4) is 0 Å². The Balaban J connectivity index is 2.15. The van der Waals surface area contributed by atoms with Gasteiger partial charge in [-0.2, -0.15) is 0 Å². The lowest BCUT2D eigenvalue weighted by Gasteiger charge is -2.14. The number of hydrazine groups is 1. The third kappa shape index (κ3) is 3.44. The predicted molar refractivity (Wildman–Crippen MR) is 78.1 cm³/mol. The van der Waals surface area contributed by atoms with Crippen molar-refractivity contribution in [2.24, 2.45) is 5.84 Å². The molecule has 8 nitrogen and oxygen atoms in total. The van der Waals surface area contributed by atoms with Gasteiger partial charge in [-0.3, -0.25) is 5.43 Å². The number of nitrogens with two attached hydrogens (primary N) is 1. The van der Waals surface area contributed by atoms with E-state index < -0.39 is 0 Å². The summed E-state index contributed by atoms with van der Waals surface area (Å²) in [6, 6.07) is 3.43. The van der Waals surface area contributed by atoms with Crippen LogP contribution in [0.25, 0.3) is 0 Å². The number of hydrogen-bond acceptors (Lipinski definition) is 9. The third-order valence-corrected chi connectivity index (χ3v) is 3.42. The zero-order valence-electron chi connectivity index (χ0n) is 11.9. The van der Waals surface area contributed by atoms with E-state index in [-0.39, 0.29) is 6.61 Å². The molecule has 1 aromatic heterocycles. The van der Waals surface area contributed by atoms with Gasteiger partial charge in [-0.15, -0.1) is 10.2 Å². The topological polar surface area (TPSA) is 101 Å². The van der Waals surface area contributed by atoms with Gasteiger partial charge in [0, 0.05) is 12.1 Å². The minimum Gasteiger partial charge on any atom is -0.493 e. The Labute approximate surface area is 125 Å². The highest BCUT2D eigenvalue weighted by Gasteiger charge is 2.14. The first kappa shape index (κ1) is 15.1. The van der Waals surface area contributed by atoms with Crippen LogP contribution < -0.4 is 30.2 Å². The zero-order chi connectivity index (χ0) is 15.2. The summed E-state index contributed by atoms with van der Waals surface area (Å²) < 4.78 is 21.4. The number of hydrogen-bond donors (Lipinski definition) is 2. The summed E-state index contributed by atoms with van der Waals surface area (Å²) in [6.45, 7) is 0.262. The van der Waals surface area contributed by atoms with Crippen LogP contribution in [0.15, 0.2) is 12.1 Å². The van der Waals surface area contributed by atoms with Gasteiger partial charge in [0.2, 0.25) is 10.9 Å². The van der Waals surface area contributed by atoms with Gasteiger partial charge in [0.15, 0.2) is 16.5 Å². The molecule has 0 bridgehead atoms. The average molecular weight is 312 g/mol. The molecule has 0 spiro atoms. The molecule has 1 heterocycles. The van der Waals surface area contributed by atoms with Crippen LogP contribution in [0.1, 0.15) is 5.01 Å². The molecule has 0 saturated carbocycles. The van der Waals surface area contributed by atoms with Gasteiger partial charge in [0.05, 0.1) is 21.3 Å². The minimum atomic E-state index is 0.262. The summed E-state index contributed by atoms with van der Waals surface area (Å²) in [4.78, 5) is 0. The van der Waals surface area contributed by atoms with Crippen molar-refractivity contribution >= 4 is 16.5 Å². The maximum absolute atomic E-state index is 5.66. The van der Waals surface area contributed by atoms with Crippen LogP contribution in [-0.2, 0) is 6.61 Å². The van der Waals surface area contributed by atoms with Crippen molar-refractivity contribution in [1.29, 1.82) is 0 Å². The first-order chi connectivity index (χ1) is 10.2. The molecule has 0 radical (unpaired) electrons. The van der Waals surface area contributed by atoms with Crippen LogP contribution in [-0.4, -0.2) is 31.5 Å². The Morgan fingerprint density at radius 1 is 1.10 bits per heavy atom. The van der Waals surface area contributed by atoms with Crippen LogP contribution in [0, 0.1) is 0 Å². The van der Waals surface area contributed by atoms with E-state index in [4.69, 9.17) is 24.8 Å². The number of benzene rings is 1. The number of aromatic nitrogens is 2. The van der Waals surface area contributed by atoms with Gasteiger partial charge in [0.25, 0.3) is 0 Å². The van der Waals surface area contributed by atoms with Gasteiger partial charge >= 0.3 is 0 Å². The first-order valence-electron chi connectivity index (χ1n) is 5.93. The summed E-state index contributed by atoms with van der Waals surface area (Å²) >= 11 is 1.31. The number of nitrogens with zero attached hydrogens (tertiary/aromatic N) is 2. The van der Waals surface area contributed by atoms with Crippen molar-refractivity contribution in [3.8, 4) is 23.0 Å². The fourth-order valence-electron chi connectivity index (χ4n) is 1.66. The second-order valence-electron chi connectivity index (χ2n) is 3.80. The third-order valence-electron chi connectivity index (χ3n) is 2.59. The van der Waals surface area contributed by atoms with Crippen LogP contribution >= 0.6 is 11.3 Å². The fourth-order valence-corrected chi connectivity index (χ4v) is 2.22. The summed E-state index contributed by atoms with van der Waals surface area (Å²) in [5.41, 5.74) is 2.43. The van der Waals surface area contributed by atoms with Crippen LogP contribution in [0.5, 0.6) is 23.0 Å². The van der Waals surface area contributed by atoms with Crippen molar-refractivity contribution < 1.29 is 18.9 Å². The largest absolute Gasteiger partial charge is 0.493 e. The highest BCUT2D eigenvalue weighted by atomic mass is 32.1. The molecule has 0 aliphatic rings. The van der Waals surface area contributed by atoms with Gasteiger partial charge < -0.3 is 18.9 Å². The minimum absolute atomic E-state index is 0.262. The summed E-state index contributed by atoms with van der Waals surface area (Å²) in [5, 5.41) is 8.98. The molecule has 0 atom stereocenters. The Morgan fingerprint density at radius 3 is 2.24 bits per heavy atom. The lowest BCUT2D eigenvalue weighted by molar-refractivity contribution is 0.290. The Bertz CT molecular complexity index is 580. The van der Waals surface area contributed by atoms with Crippen molar-refractivity contribution in [2.75, 3.05) is 26.8 Å². The Hall–Kier alpha value is -2.26. The van der Waals surface area contributed by atoms with Crippen molar-refractivity contribution in [3.05, 3.63) is 17.1 Å². The molecule has 9 heteroatoms. The first-order valence-corrected chi connectivity index (χ1v) is 6.75. The quantitative estimate of drug-likeness (QED) is 0.585. The fraction of sp³-hybridized carbons (Fsp3) is 0.333. The van der Waals surface area contributed by atoms with E-state index in [1.54, 1.807) is 33.5 Å². The molecule has 21 heavy (non-hydrogen) atoms. The maximum Gasteiger partial charge on any atom is 0.219 e. The lowest BCUT2D eigenvalue weighted by atomic mass is 10.2. The Kier molecular flexibility index (Phi) is 5.01. The van der Waals surface area contributed by atoms with Crippen molar-refractivity contribution in [2.45, 2.75) is 6.61 Å². The number of rotatable bonds is 7. The van der Waals surface area contributed by atoms with Crippen LogP contribution in [0.4, 0.5) is 5.13 Å². The Morgan fingerprint density at radius 2 is 1.76 bits per heavy atom. The molecule has 0 aliphatic heterocycles. The van der Waals surface area contributed by atoms with E-state index in [0.29, 0.717) is 33.1 Å². The van der Waals surface area contributed by atoms with Gasteiger partial charge in [-0.1, -0.05) is 11.3 Å². The average Bonchev–Trinajstić information content (AvgIpc) is 2.99. The van der Waals surface area contributed by atoms with E-state index in [2.05, 4.69) is 15.6 Å². The number of methoxy groups -OCH3 is 3. The van der Waals surface area contributed by atoms with Crippen LogP contribution in [0.2, 0.25) is 0 Å². The SMILES string of the molecule is COc1cc(OCc2nnc(NN)s2)cc(OC)c1OC. The molecule has 114 valence electrons. The second kappa shape index (κ2) is 6.95. The molecule has 0 amide bonds. The smallest absolute Gasteiger partial charge is 0.219 e. The molecule has 3 N–H and O–H groups in total. The van der Waals surface area contributed by atoms with Crippen molar-refractivity contribution in [1.82, 2.24) is 10.2 Å². The van der Waals surface area contributed by atoms with E-state index in [1.165, 1.54) is 11.3 Å². The number of anilines is 1. The molecular formula is C12H16N4O4S. The predicted octanol–water partition coefficient (Wildman–Crippen LogP) is 1.43. The van der Waals surface area contributed by atoms with Gasteiger partial charge in [-0.25, -0.2) is 5.84 Å². The highest BCUT2D eigenvalue weighted by molar-refractivity contribution is 7.15. The molecule has 0 unspecified atom stereocenters. The summed E-state index contributed by atoms with van der Waals surface area (Å²) in [6.07, 6.45) is 0. The summed E-state index contributed by atoms with van der Waals surface area (Å²) in [5.74, 6) is 7.37. The van der Waals surface area contributed by atoms with Gasteiger partial charge in [0.1, 0.15) is 12.4 Å². The molecular weight excluding hydrogens is 296 g/mol. The van der Waals surface area contributed by atoms with E-state index >= 15 is 0 Å². The van der Waals surface area contributed by atoms with E-state index in [1.807, 2.05) is 0 Å². The maximum atomic E-state index is 5.66. The highest BCUT2D eigenvalue weighted by Crippen LogP contribution is 2.40. The van der Waals surface area contributed by atoms with Gasteiger partial charge in [-0.05, 0) is 0 Å². The molecule has 2 rings (SSSR count). The standard InChI is InChI=1S/C12H16N4O4S/c1-17-8-4-7(5-9(18-2)11(8)19-3)20-6-10-15-16-12(14-13)21-10/h4-5H,6,13H2,1-3H3,(H,14,16).